The smallest absolute Gasteiger partial charge is 0.255 e. The summed E-state index contributed by atoms with van der Waals surface area (Å²) in [6, 6.07) is 10.4. The van der Waals surface area contributed by atoms with Crippen molar-refractivity contribution in [2.24, 2.45) is 14.1 Å². The van der Waals surface area contributed by atoms with Crippen LogP contribution in [-0.2, 0) is 25.6 Å². The zero-order chi connectivity index (χ0) is 45.9. The average Bonchev–Trinajstić information content (AvgIpc) is 4.04. The van der Waals surface area contributed by atoms with Crippen molar-refractivity contribution in [3.05, 3.63) is 82.4 Å². The van der Waals surface area contributed by atoms with Crippen molar-refractivity contribution >= 4 is 87.2 Å². The molecule has 0 fully saturated rings. The second kappa shape index (κ2) is 19.5. The topological polar surface area (TPSA) is 256 Å². The zero-order valence-electron chi connectivity index (χ0n) is 35.7. The quantitative estimate of drug-likeness (QED) is 0.0561. The molecule has 6 aromatic heterocycles. The maximum atomic E-state index is 13.1. The number of hydrogen-bond donors (Lipinski definition) is 7. The molecule has 64 heavy (non-hydrogen) atoms. The van der Waals surface area contributed by atoms with E-state index in [2.05, 4.69) is 60.4 Å². The molecule has 22 heteroatoms. The lowest BCUT2D eigenvalue weighted by Gasteiger charge is -2.15. The van der Waals surface area contributed by atoms with E-state index in [1.165, 1.54) is 6.20 Å². The van der Waals surface area contributed by atoms with E-state index in [1.807, 2.05) is 38.4 Å². The lowest BCUT2D eigenvalue weighted by atomic mass is 10.1. The van der Waals surface area contributed by atoms with Crippen LogP contribution in [0, 0.1) is 0 Å². The minimum atomic E-state index is -1.25. The molecule has 0 atom stereocenters. The molecule has 0 aliphatic heterocycles. The molecular formula is C42H48Cl2N12O7Si. The van der Waals surface area contributed by atoms with Crippen molar-refractivity contribution in [3.63, 3.8) is 0 Å². The van der Waals surface area contributed by atoms with Crippen molar-refractivity contribution < 1.29 is 34.8 Å². The number of rotatable bonds is 15. The van der Waals surface area contributed by atoms with Crippen molar-refractivity contribution in [1.29, 1.82) is 0 Å². The summed E-state index contributed by atoms with van der Waals surface area (Å²) in [5.41, 5.74) is 6.17. The second-order valence-corrected chi connectivity index (χ2v) is 22.8. The highest BCUT2D eigenvalue weighted by molar-refractivity contribution is 6.76. The maximum Gasteiger partial charge on any atom is 0.255 e. The highest BCUT2D eigenvalue weighted by Gasteiger charge is 2.24. The number of carbonyl (C=O) groups excluding carboxylic acids is 2. The number of H-pyrrole nitrogens is 1. The zero-order valence-corrected chi connectivity index (χ0v) is 38.2. The molecule has 0 unspecified atom stereocenters. The number of aliphatic hydroxyl groups excluding tert-OH is 4. The lowest BCUT2D eigenvalue weighted by Crippen LogP contribution is -2.40. The Morgan fingerprint density at radius 3 is 1.81 bits per heavy atom. The molecule has 0 aliphatic carbocycles. The Morgan fingerprint density at radius 2 is 1.28 bits per heavy atom. The van der Waals surface area contributed by atoms with Crippen LogP contribution in [0.3, 0.4) is 0 Å². The van der Waals surface area contributed by atoms with E-state index in [-0.39, 0.29) is 44.3 Å². The van der Waals surface area contributed by atoms with Gasteiger partial charge in [-0.1, -0.05) is 42.8 Å². The third kappa shape index (κ3) is 9.93. The molecule has 8 aromatic rings. The number of fused-ring (bicyclic) bond motifs is 4. The monoisotopic (exact) mass is 930 g/mol. The van der Waals surface area contributed by atoms with Gasteiger partial charge in [-0.3, -0.25) is 19.0 Å². The minimum absolute atomic E-state index is 0.219. The molecule has 0 saturated heterocycles. The summed E-state index contributed by atoms with van der Waals surface area (Å²) in [4.78, 5) is 46.8. The highest BCUT2D eigenvalue weighted by atomic mass is 35.5. The summed E-state index contributed by atoms with van der Waals surface area (Å²) >= 11 is 12.2. The fourth-order valence-corrected chi connectivity index (χ4v) is 7.90. The number of benzene rings is 2. The molecule has 2 aromatic carbocycles. The Labute approximate surface area is 377 Å². The third-order valence-electron chi connectivity index (χ3n) is 10.3. The standard InChI is InChI=1S/C24H31ClN6O4Si.C18H17ClN6O3/c1-30-20-9-15(25)5-6-17(20)21(29-30)19-10-26-23-22(28-19)18(24(34)27-16(12-32)13-33)11-31(23)14-35-7-8-36(2,3)4;1-25-14-4-9(19)2-3-11(14)15(24-25)13-6-21-17-16(23-13)12(5-20-17)18(28)22-10(7-26)8-27/h5-6,9-11,16,32-33H,7-8,12-14H2,1-4H3,(H,27,34);2-6,10,26-27H,7-8H2,1H3,(H,20,21)(H,22,28). The van der Waals surface area contributed by atoms with Crippen LogP contribution in [0.2, 0.25) is 35.7 Å². The summed E-state index contributed by atoms with van der Waals surface area (Å²) in [5, 5.41) is 54.4. The lowest BCUT2D eigenvalue weighted by molar-refractivity contribution is 0.0864. The molecule has 0 bridgehead atoms. The van der Waals surface area contributed by atoms with Gasteiger partial charge in [-0.25, -0.2) is 19.9 Å². The predicted molar refractivity (Wildman–Crippen MR) is 246 cm³/mol. The van der Waals surface area contributed by atoms with E-state index in [9.17, 15) is 30.0 Å². The van der Waals surface area contributed by atoms with Crippen molar-refractivity contribution in [3.8, 4) is 22.8 Å². The van der Waals surface area contributed by atoms with Gasteiger partial charge in [0.15, 0.2) is 11.3 Å². The van der Waals surface area contributed by atoms with Gasteiger partial charge in [-0.15, -0.1) is 0 Å². The molecule has 8 rings (SSSR count). The van der Waals surface area contributed by atoms with Gasteiger partial charge in [0.2, 0.25) is 0 Å². The Morgan fingerprint density at radius 1 is 0.766 bits per heavy atom. The van der Waals surface area contributed by atoms with Gasteiger partial charge in [0.25, 0.3) is 11.8 Å². The fraction of sp³-hybridized carbons (Fsp3) is 0.333. The van der Waals surface area contributed by atoms with Crippen LogP contribution in [0.15, 0.2) is 61.2 Å². The molecule has 19 nitrogen and oxygen atoms in total. The van der Waals surface area contributed by atoms with Crippen LogP contribution in [0.5, 0.6) is 0 Å². The molecule has 0 radical (unpaired) electrons. The second-order valence-electron chi connectivity index (χ2n) is 16.3. The Kier molecular flexibility index (Phi) is 14.1. The summed E-state index contributed by atoms with van der Waals surface area (Å²) in [6.45, 7) is 6.16. The van der Waals surface area contributed by atoms with Gasteiger partial charge >= 0.3 is 0 Å². The van der Waals surface area contributed by atoms with Crippen LogP contribution in [0.4, 0.5) is 0 Å². The number of nitrogens with zero attached hydrogens (tertiary/aromatic N) is 9. The molecular weight excluding hydrogens is 884 g/mol. The van der Waals surface area contributed by atoms with Gasteiger partial charge in [0.1, 0.15) is 40.5 Å². The largest absolute Gasteiger partial charge is 0.394 e. The molecule has 336 valence electrons. The van der Waals surface area contributed by atoms with Crippen LogP contribution in [0.25, 0.3) is 66.9 Å². The van der Waals surface area contributed by atoms with Crippen molar-refractivity contribution in [2.45, 2.75) is 44.5 Å². The fourth-order valence-electron chi connectivity index (χ4n) is 6.81. The summed E-state index contributed by atoms with van der Waals surface area (Å²) in [7, 11) is 2.39. The van der Waals surface area contributed by atoms with Gasteiger partial charge in [0, 0.05) is 62.0 Å². The SMILES string of the molecule is Cn1nc(-c2cnc3[nH]cc(C(=O)NC(CO)CO)c3n2)c2ccc(Cl)cc21.Cn1nc(-c2cnc3c(n2)c(C(=O)NC(CO)CO)cn3COCC[Si](C)(C)C)c2ccc(Cl)cc21. The van der Waals surface area contributed by atoms with E-state index in [0.29, 0.717) is 61.8 Å². The minimum Gasteiger partial charge on any atom is -0.394 e. The number of hydrogen-bond acceptors (Lipinski definition) is 13. The number of halogens is 2. The van der Waals surface area contributed by atoms with E-state index >= 15 is 0 Å². The molecule has 0 aliphatic rings. The average molecular weight is 932 g/mol. The van der Waals surface area contributed by atoms with Crippen LogP contribution in [0.1, 0.15) is 20.7 Å². The number of aliphatic hydroxyl groups is 4. The van der Waals surface area contributed by atoms with Crippen LogP contribution >= 0.6 is 23.2 Å². The first kappa shape index (κ1) is 46.2. The van der Waals surface area contributed by atoms with Crippen molar-refractivity contribution in [1.82, 2.24) is 59.7 Å². The first-order chi connectivity index (χ1) is 30.6. The first-order valence-corrected chi connectivity index (χ1v) is 24.7. The molecule has 6 heterocycles. The molecule has 2 amide bonds. The Balaban J connectivity index is 0.000000197. The number of nitrogens with one attached hydrogen (secondary N) is 3. The van der Waals surface area contributed by atoms with Gasteiger partial charge in [-0.2, -0.15) is 10.2 Å². The Hall–Kier alpha value is -5.84. The summed E-state index contributed by atoms with van der Waals surface area (Å²) in [5.74, 6) is -0.943. The van der Waals surface area contributed by atoms with E-state index < -0.39 is 32.0 Å². The normalized spacial score (nSPS) is 12.0. The number of amides is 2. The number of aromatic amines is 1. The van der Waals surface area contributed by atoms with E-state index in [0.717, 1.165) is 27.8 Å². The molecule has 0 spiro atoms. The number of aromatic nitrogens is 10. The molecule has 7 N–H and O–H groups in total. The third-order valence-corrected chi connectivity index (χ3v) is 12.5. The number of carbonyl (C=O) groups is 2. The van der Waals surface area contributed by atoms with Gasteiger partial charge in [0.05, 0.1) is 73.1 Å². The first-order valence-electron chi connectivity index (χ1n) is 20.2. The maximum absolute atomic E-state index is 13.1. The highest BCUT2D eigenvalue weighted by Crippen LogP contribution is 2.31. The number of ether oxygens (including phenoxy) is 1. The number of aryl methyl sites for hydroxylation is 2. The predicted octanol–water partition coefficient (Wildman–Crippen LogP) is 4.28. The van der Waals surface area contributed by atoms with Crippen molar-refractivity contribution in [2.75, 3.05) is 33.0 Å². The van der Waals surface area contributed by atoms with Crippen LogP contribution < -0.4 is 10.6 Å². The summed E-state index contributed by atoms with van der Waals surface area (Å²) in [6.07, 6.45) is 6.34. The van der Waals surface area contributed by atoms with E-state index in [4.69, 9.17) is 32.9 Å². The van der Waals surface area contributed by atoms with E-state index in [1.54, 1.807) is 44.7 Å². The summed E-state index contributed by atoms with van der Waals surface area (Å²) < 4.78 is 11.1. The van der Waals surface area contributed by atoms with Gasteiger partial charge in [-0.05, 0) is 42.4 Å². The molecule has 0 saturated carbocycles. The van der Waals surface area contributed by atoms with Crippen LogP contribution in [-0.4, -0.2) is 134 Å². The Bertz CT molecular complexity index is 2970. The van der Waals surface area contributed by atoms with Gasteiger partial charge < -0.3 is 45.3 Å².